The summed E-state index contributed by atoms with van der Waals surface area (Å²) in [5.41, 5.74) is 10.7. The van der Waals surface area contributed by atoms with Gasteiger partial charge < -0.3 is 15.4 Å². The molecule has 6 heteroatoms. The molecule has 0 spiro atoms. The molecular weight excluding hydrogens is 334 g/mol. The van der Waals surface area contributed by atoms with Crippen molar-refractivity contribution in [2.24, 2.45) is 11.7 Å². The molecule has 1 aromatic carbocycles. The minimum atomic E-state index is 0.111. The van der Waals surface area contributed by atoms with E-state index >= 15 is 0 Å². The van der Waals surface area contributed by atoms with E-state index in [0.717, 1.165) is 55.8 Å². The highest BCUT2D eigenvalue weighted by atomic mass is 32.1. The summed E-state index contributed by atoms with van der Waals surface area (Å²) < 4.78 is 5.80. The monoisotopic (exact) mass is 357 g/mol. The molecule has 2 aromatic rings. The SMILES string of the molecule is N[C@@H]1CCO[C@H]1C1CCN(C(=O)c2ccc(-c3cscn3)cc2)CC1. The smallest absolute Gasteiger partial charge is 0.253 e. The van der Waals surface area contributed by atoms with Gasteiger partial charge in [0.1, 0.15) is 0 Å². The molecule has 2 N–H and O–H groups in total. The maximum absolute atomic E-state index is 12.7. The van der Waals surface area contributed by atoms with Gasteiger partial charge in [-0.1, -0.05) is 12.1 Å². The van der Waals surface area contributed by atoms with Gasteiger partial charge in [0, 0.05) is 42.2 Å². The summed E-state index contributed by atoms with van der Waals surface area (Å²) in [6.45, 7) is 2.34. The van der Waals surface area contributed by atoms with Crippen molar-refractivity contribution in [3.63, 3.8) is 0 Å². The first-order chi connectivity index (χ1) is 12.2. The number of rotatable bonds is 3. The predicted molar refractivity (Wildman–Crippen MR) is 98.5 cm³/mol. The van der Waals surface area contributed by atoms with E-state index in [2.05, 4.69) is 4.98 Å². The Morgan fingerprint density at radius 1 is 1.20 bits per heavy atom. The third-order valence-electron chi connectivity index (χ3n) is 5.33. The summed E-state index contributed by atoms with van der Waals surface area (Å²) >= 11 is 1.57. The lowest BCUT2D eigenvalue weighted by Gasteiger charge is -2.35. The van der Waals surface area contributed by atoms with Gasteiger partial charge in [0.05, 0.1) is 17.3 Å². The van der Waals surface area contributed by atoms with Crippen LogP contribution in [0, 0.1) is 5.92 Å². The number of piperidine rings is 1. The second-order valence-corrected chi connectivity index (χ2v) is 7.59. The molecule has 2 atom stereocenters. The third kappa shape index (κ3) is 3.47. The van der Waals surface area contributed by atoms with Crippen LogP contribution >= 0.6 is 11.3 Å². The van der Waals surface area contributed by atoms with E-state index in [-0.39, 0.29) is 18.1 Å². The fraction of sp³-hybridized carbons (Fsp3) is 0.474. The summed E-state index contributed by atoms with van der Waals surface area (Å²) in [6.07, 6.45) is 3.08. The Bertz CT molecular complexity index is 709. The summed E-state index contributed by atoms with van der Waals surface area (Å²) in [6, 6.07) is 7.91. The lowest BCUT2D eigenvalue weighted by atomic mass is 9.87. The number of ether oxygens (including phenoxy) is 1. The Hall–Kier alpha value is -1.76. The van der Waals surface area contributed by atoms with E-state index in [0.29, 0.717) is 5.92 Å². The van der Waals surface area contributed by atoms with Gasteiger partial charge >= 0.3 is 0 Å². The van der Waals surface area contributed by atoms with Gasteiger partial charge in [-0.15, -0.1) is 11.3 Å². The topological polar surface area (TPSA) is 68.5 Å². The Morgan fingerprint density at radius 2 is 1.96 bits per heavy atom. The third-order valence-corrected chi connectivity index (χ3v) is 5.92. The Kier molecular flexibility index (Phi) is 4.83. The van der Waals surface area contributed by atoms with Crippen molar-refractivity contribution in [3.05, 3.63) is 40.7 Å². The van der Waals surface area contributed by atoms with Crippen molar-refractivity contribution in [1.82, 2.24) is 9.88 Å². The number of thiazole rings is 1. The molecule has 1 amide bonds. The standard InChI is InChI=1S/C19H23N3O2S/c20-16-7-10-24-18(16)14-5-8-22(9-6-14)19(23)15-3-1-13(2-4-15)17-11-25-12-21-17/h1-4,11-12,14,16,18H,5-10,20H2/t16-,18+/m1/s1. The molecule has 2 aliphatic rings. The zero-order chi connectivity index (χ0) is 17.2. The maximum atomic E-state index is 12.7. The molecule has 5 nitrogen and oxygen atoms in total. The van der Waals surface area contributed by atoms with Gasteiger partial charge in [-0.3, -0.25) is 4.79 Å². The van der Waals surface area contributed by atoms with Crippen LogP contribution in [-0.2, 0) is 4.74 Å². The first kappa shape index (κ1) is 16.7. The van der Waals surface area contributed by atoms with Gasteiger partial charge in [0.2, 0.25) is 0 Å². The van der Waals surface area contributed by atoms with Crippen molar-refractivity contribution in [1.29, 1.82) is 0 Å². The van der Waals surface area contributed by atoms with Crippen molar-refractivity contribution >= 4 is 17.2 Å². The number of benzene rings is 1. The predicted octanol–water partition coefficient (Wildman–Crippen LogP) is 2.78. The van der Waals surface area contributed by atoms with E-state index in [1.54, 1.807) is 11.3 Å². The number of likely N-dealkylation sites (tertiary alicyclic amines) is 1. The zero-order valence-electron chi connectivity index (χ0n) is 14.1. The molecule has 0 saturated carbocycles. The highest BCUT2D eigenvalue weighted by Crippen LogP contribution is 2.29. The van der Waals surface area contributed by atoms with Crippen molar-refractivity contribution in [3.8, 4) is 11.3 Å². The van der Waals surface area contributed by atoms with E-state index in [4.69, 9.17) is 10.5 Å². The Morgan fingerprint density at radius 3 is 2.56 bits per heavy atom. The molecule has 0 aliphatic carbocycles. The van der Waals surface area contributed by atoms with Crippen molar-refractivity contribution in [2.75, 3.05) is 19.7 Å². The summed E-state index contributed by atoms with van der Waals surface area (Å²) in [4.78, 5) is 19.0. The van der Waals surface area contributed by atoms with Crippen LogP contribution in [-0.4, -0.2) is 47.6 Å². The van der Waals surface area contributed by atoms with Gasteiger partial charge in [0.15, 0.2) is 0 Å². The number of carbonyl (C=O) groups excluding carboxylic acids is 1. The summed E-state index contributed by atoms with van der Waals surface area (Å²) in [7, 11) is 0. The fourth-order valence-corrected chi connectivity index (χ4v) is 4.43. The van der Waals surface area contributed by atoms with Gasteiger partial charge in [-0.25, -0.2) is 4.98 Å². The summed E-state index contributed by atoms with van der Waals surface area (Å²) in [5, 5.41) is 2.01. The lowest BCUT2D eigenvalue weighted by molar-refractivity contribution is 0.0242. The van der Waals surface area contributed by atoms with E-state index in [1.165, 1.54) is 0 Å². The highest BCUT2D eigenvalue weighted by Gasteiger charge is 2.35. The quantitative estimate of drug-likeness (QED) is 0.917. The van der Waals surface area contributed by atoms with Gasteiger partial charge in [-0.2, -0.15) is 0 Å². The van der Waals surface area contributed by atoms with Crippen molar-refractivity contribution < 1.29 is 9.53 Å². The van der Waals surface area contributed by atoms with E-state index in [9.17, 15) is 4.79 Å². The van der Waals surface area contributed by atoms with Crippen LogP contribution in [0.2, 0.25) is 0 Å². The molecular formula is C19H23N3O2S. The summed E-state index contributed by atoms with van der Waals surface area (Å²) in [5.74, 6) is 0.591. The van der Waals surface area contributed by atoms with Crippen LogP contribution in [0.25, 0.3) is 11.3 Å². The Balaban J connectivity index is 1.37. The van der Waals surface area contributed by atoms with E-state index in [1.807, 2.05) is 40.1 Å². The molecule has 1 aromatic heterocycles. The maximum Gasteiger partial charge on any atom is 0.253 e. The zero-order valence-corrected chi connectivity index (χ0v) is 15.0. The molecule has 2 fully saturated rings. The number of nitrogens with zero attached hydrogens (tertiary/aromatic N) is 2. The largest absolute Gasteiger partial charge is 0.376 e. The number of carbonyl (C=O) groups is 1. The number of hydrogen-bond donors (Lipinski definition) is 1. The molecule has 132 valence electrons. The highest BCUT2D eigenvalue weighted by molar-refractivity contribution is 7.07. The van der Waals surface area contributed by atoms with Crippen LogP contribution in [0.1, 0.15) is 29.6 Å². The number of amides is 1. The number of hydrogen-bond acceptors (Lipinski definition) is 5. The van der Waals surface area contributed by atoms with Crippen LogP contribution in [0.3, 0.4) is 0 Å². The average Bonchev–Trinajstić information content (AvgIpc) is 3.33. The second-order valence-electron chi connectivity index (χ2n) is 6.87. The molecule has 3 heterocycles. The molecule has 0 radical (unpaired) electrons. The normalized spacial score (nSPS) is 24.6. The molecule has 0 unspecified atom stereocenters. The lowest BCUT2D eigenvalue weighted by Crippen LogP contribution is -2.45. The van der Waals surface area contributed by atoms with Crippen LogP contribution in [0.4, 0.5) is 0 Å². The average molecular weight is 357 g/mol. The molecule has 4 rings (SSSR count). The number of aromatic nitrogens is 1. The molecule has 25 heavy (non-hydrogen) atoms. The number of nitrogens with two attached hydrogens (primary N) is 1. The molecule has 2 saturated heterocycles. The molecule has 0 bridgehead atoms. The molecule has 2 aliphatic heterocycles. The minimum Gasteiger partial charge on any atom is -0.376 e. The minimum absolute atomic E-state index is 0.111. The van der Waals surface area contributed by atoms with Crippen LogP contribution < -0.4 is 5.73 Å². The van der Waals surface area contributed by atoms with Gasteiger partial charge in [0.25, 0.3) is 5.91 Å². The van der Waals surface area contributed by atoms with Crippen LogP contribution in [0.15, 0.2) is 35.2 Å². The fourth-order valence-electron chi connectivity index (χ4n) is 3.87. The van der Waals surface area contributed by atoms with Gasteiger partial charge in [-0.05, 0) is 37.3 Å². The van der Waals surface area contributed by atoms with Crippen LogP contribution in [0.5, 0.6) is 0 Å². The van der Waals surface area contributed by atoms with E-state index < -0.39 is 0 Å². The second kappa shape index (κ2) is 7.23. The Labute approximate surface area is 151 Å². The first-order valence-electron chi connectivity index (χ1n) is 8.87. The van der Waals surface area contributed by atoms with Crippen molar-refractivity contribution in [2.45, 2.75) is 31.4 Å². The first-order valence-corrected chi connectivity index (χ1v) is 9.82.